The van der Waals surface area contributed by atoms with Gasteiger partial charge in [-0.3, -0.25) is 0 Å². The van der Waals surface area contributed by atoms with Gasteiger partial charge in [0.1, 0.15) is 0 Å². The van der Waals surface area contributed by atoms with Gasteiger partial charge in [0.25, 0.3) is 0 Å². The minimum Gasteiger partial charge on any atom is -0.398 e. The normalized spacial score (nSPS) is 16.3. The molecule has 0 saturated carbocycles. The number of hydrogen-bond donors (Lipinski definition) is 3. The quantitative estimate of drug-likeness (QED) is 0.379. The number of nitrogens with two attached hydrogens (primary N) is 3. The van der Waals surface area contributed by atoms with E-state index in [1.54, 1.807) is 11.8 Å². The molecule has 24 heavy (non-hydrogen) atoms. The fourth-order valence-electron chi connectivity index (χ4n) is 2.46. The molecule has 0 saturated heterocycles. The lowest BCUT2D eigenvalue weighted by Crippen LogP contribution is -2.33. The Kier molecular flexibility index (Phi) is 6.90. The molecule has 0 aliphatic rings. The summed E-state index contributed by atoms with van der Waals surface area (Å²) in [4.78, 5) is 2.19. The molecule has 2 aromatic rings. The van der Waals surface area contributed by atoms with E-state index in [0.717, 1.165) is 21.2 Å². The molecule has 0 aliphatic heterocycles. The van der Waals surface area contributed by atoms with E-state index < -0.39 is 0 Å². The van der Waals surface area contributed by atoms with Crippen LogP contribution in [0.5, 0.6) is 0 Å². The summed E-state index contributed by atoms with van der Waals surface area (Å²) in [5.41, 5.74) is 20.2. The second-order valence-electron chi connectivity index (χ2n) is 6.20. The first kappa shape index (κ1) is 19.0. The molecule has 2 aromatic carbocycles. The Hall–Kier alpha value is -1.30. The summed E-state index contributed by atoms with van der Waals surface area (Å²) in [5, 5.41) is 0.422. The Bertz CT molecular complexity index is 605. The molecule has 0 bridgehead atoms. The SMILES string of the molecule is CC(Sc1ccccc1N)C(C)C(C)C(N)Sc1ccccc1N. The van der Waals surface area contributed by atoms with E-state index in [1.165, 1.54) is 0 Å². The Morgan fingerprint density at radius 3 is 1.67 bits per heavy atom. The van der Waals surface area contributed by atoms with Crippen molar-refractivity contribution < 1.29 is 0 Å². The standard InChI is InChI=1S/C19H27N3S2/c1-12(14(3)23-17-10-6-4-8-15(17)20)13(2)19(22)24-18-11-7-5-9-16(18)21/h4-14,19H,20-22H2,1-3H3. The maximum atomic E-state index is 6.45. The van der Waals surface area contributed by atoms with Gasteiger partial charge in [0.2, 0.25) is 0 Å². The number of anilines is 2. The van der Waals surface area contributed by atoms with Gasteiger partial charge in [-0.1, -0.05) is 45.0 Å². The van der Waals surface area contributed by atoms with Crippen molar-refractivity contribution in [1.82, 2.24) is 0 Å². The van der Waals surface area contributed by atoms with Gasteiger partial charge in [0.15, 0.2) is 0 Å². The Labute approximate surface area is 153 Å². The molecule has 0 radical (unpaired) electrons. The Morgan fingerprint density at radius 2 is 1.17 bits per heavy atom. The maximum absolute atomic E-state index is 6.45. The molecule has 0 aliphatic carbocycles. The van der Waals surface area contributed by atoms with E-state index >= 15 is 0 Å². The van der Waals surface area contributed by atoms with Gasteiger partial charge < -0.3 is 17.2 Å². The van der Waals surface area contributed by atoms with Crippen LogP contribution in [0.4, 0.5) is 11.4 Å². The van der Waals surface area contributed by atoms with E-state index in [-0.39, 0.29) is 5.37 Å². The highest BCUT2D eigenvalue weighted by atomic mass is 32.2. The van der Waals surface area contributed by atoms with Crippen molar-refractivity contribution in [2.45, 2.75) is 41.2 Å². The molecule has 0 aromatic heterocycles. The van der Waals surface area contributed by atoms with Crippen molar-refractivity contribution in [3.8, 4) is 0 Å². The first-order chi connectivity index (χ1) is 11.4. The fraction of sp³-hybridized carbons (Fsp3) is 0.368. The van der Waals surface area contributed by atoms with Crippen LogP contribution >= 0.6 is 23.5 Å². The van der Waals surface area contributed by atoms with Crippen molar-refractivity contribution >= 4 is 34.9 Å². The van der Waals surface area contributed by atoms with Crippen molar-refractivity contribution in [3.63, 3.8) is 0 Å². The first-order valence-corrected chi connectivity index (χ1v) is 9.94. The summed E-state index contributed by atoms with van der Waals surface area (Å²) in [7, 11) is 0. The van der Waals surface area contributed by atoms with Gasteiger partial charge in [-0.05, 0) is 36.1 Å². The van der Waals surface area contributed by atoms with Gasteiger partial charge in [0, 0.05) is 26.4 Å². The summed E-state index contributed by atoms with van der Waals surface area (Å²) in [6, 6.07) is 15.9. The highest BCUT2D eigenvalue weighted by molar-refractivity contribution is 8.00. The number of thioether (sulfide) groups is 2. The summed E-state index contributed by atoms with van der Waals surface area (Å²) in [5.74, 6) is 0.795. The van der Waals surface area contributed by atoms with Crippen molar-refractivity contribution in [1.29, 1.82) is 0 Å². The lowest BCUT2D eigenvalue weighted by atomic mass is 9.93. The average Bonchev–Trinajstić information content (AvgIpc) is 2.57. The van der Waals surface area contributed by atoms with Crippen LogP contribution in [0.1, 0.15) is 20.8 Å². The van der Waals surface area contributed by atoms with E-state index in [2.05, 4.69) is 26.8 Å². The number of nitrogen functional groups attached to an aromatic ring is 2. The van der Waals surface area contributed by atoms with Crippen LogP contribution in [0, 0.1) is 11.8 Å². The number of hydrogen-bond acceptors (Lipinski definition) is 5. The van der Waals surface area contributed by atoms with Crippen molar-refractivity contribution in [2.75, 3.05) is 11.5 Å². The van der Waals surface area contributed by atoms with Crippen molar-refractivity contribution in [3.05, 3.63) is 48.5 Å². The highest BCUT2D eigenvalue weighted by Gasteiger charge is 2.26. The zero-order chi connectivity index (χ0) is 17.7. The molecule has 2 rings (SSSR count). The van der Waals surface area contributed by atoms with Crippen LogP contribution in [0.25, 0.3) is 0 Å². The van der Waals surface area contributed by atoms with E-state index in [1.807, 2.05) is 54.2 Å². The Balaban J connectivity index is 1.98. The van der Waals surface area contributed by atoms with Gasteiger partial charge in [-0.15, -0.1) is 23.5 Å². The molecular formula is C19H27N3S2. The Morgan fingerprint density at radius 1 is 0.708 bits per heavy atom. The van der Waals surface area contributed by atoms with Crippen LogP contribution in [-0.2, 0) is 0 Å². The predicted molar refractivity (Wildman–Crippen MR) is 109 cm³/mol. The van der Waals surface area contributed by atoms with E-state index in [9.17, 15) is 0 Å². The highest BCUT2D eigenvalue weighted by Crippen LogP contribution is 2.38. The molecular weight excluding hydrogens is 334 g/mol. The fourth-order valence-corrected chi connectivity index (χ4v) is 4.81. The maximum Gasteiger partial charge on any atom is 0.0584 e. The molecule has 5 heteroatoms. The van der Waals surface area contributed by atoms with Gasteiger partial charge in [-0.25, -0.2) is 0 Å². The monoisotopic (exact) mass is 361 g/mol. The molecule has 130 valence electrons. The lowest BCUT2D eigenvalue weighted by molar-refractivity contribution is 0.377. The van der Waals surface area contributed by atoms with Gasteiger partial charge in [-0.2, -0.15) is 0 Å². The molecule has 3 nitrogen and oxygen atoms in total. The zero-order valence-corrected chi connectivity index (χ0v) is 16.1. The molecule has 0 spiro atoms. The van der Waals surface area contributed by atoms with Gasteiger partial charge >= 0.3 is 0 Å². The van der Waals surface area contributed by atoms with E-state index in [0.29, 0.717) is 17.1 Å². The first-order valence-electron chi connectivity index (χ1n) is 8.18. The topological polar surface area (TPSA) is 78.1 Å². The zero-order valence-electron chi connectivity index (χ0n) is 14.5. The molecule has 4 atom stereocenters. The third-order valence-electron chi connectivity index (χ3n) is 4.50. The number of rotatable bonds is 7. The lowest BCUT2D eigenvalue weighted by Gasteiger charge is -2.30. The minimum atomic E-state index is 0.000806. The third-order valence-corrected chi connectivity index (χ3v) is 7.26. The number of benzene rings is 2. The predicted octanol–water partition coefficient (Wildman–Crippen LogP) is 4.68. The van der Waals surface area contributed by atoms with Crippen LogP contribution in [-0.4, -0.2) is 10.6 Å². The number of para-hydroxylation sites is 2. The largest absolute Gasteiger partial charge is 0.398 e. The molecule has 0 fully saturated rings. The van der Waals surface area contributed by atoms with Crippen molar-refractivity contribution in [2.24, 2.45) is 17.6 Å². The van der Waals surface area contributed by atoms with Crippen LogP contribution in [0.15, 0.2) is 58.3 Å². The summed E-state index contributed by atoms with van der Waals surface area (Å²) < 4.78 is 0. The van der Waals surface area contributed by atoms with Crippen LogP contribution in [0.3, 0.4) is 0 Å². The molecule has 0 amide bonds. The minimum absolute atomic E-state index is 0.000806. The molecule has 4 unspecified atom stereocenters. The van der Waals surface area contributed by atoms with Gasteiger partial charge in [0.05, 0.1) is 5.37 Å². The second kappa shape index (κ2) is 8.70. The molecule has 6 N–H and O–H groups in total. The summed E-state index contributed by atoms with van der Waals surface area (Å²) >= 11 is 3.47. The third kappa shape index (κ3) is 4.85. The van der Waals surface area contributed by atoms with E-state index in [4.69, 9.17) is 17.2 Å². The average molecular weight is 362 g/mol. The molecule has 0 heterocycles. The van der Waals surface area contributed by atoms with Crippen LogP contribution < -0.4 is 17.2 Å². The summed E-state index contributed by atoms with van der Waals surface area (Å²) in [6.07, 6.45) is 0. The second-order valence-corrected chi connectivity index (χ2v) is 8.84. The smallest absolute Gasteiger partial charge is 0.0584 e. The van der Waals surface area contributed by atoms with Crippen LogP contribution in [0.2, 0.25) is 0 Å². The summed E-state index contributed by atoms with van der Waals surface area (Å²) in [6.45, 7) is 6.72.